The summed E-state index contributed by atoms with van der Waals surface area (Å²) in [7, 11) is 1.86. The molecule has 1 N–H and O–H groups in total. The summed E-state index contributed by atoms with van der Waals surface area (Å²) in [6.07, 6.45) is 5.14. The third kappa shape index (κ3) is 1.52. The Morgan fingerprint density at radius 3 is 2.85 bits per heavy atom. The zero-order chi connectivity index (χ0) is 9.42. The van der Waals surface area contributed by atoms with E-state index in [1.54, 1.807) is 10.9 Å². The maximum atomic E-state index is 9.88. The molecular formula is C10H14N2O. The molecule has 1 fully saturated rings. The van der Waals surface area contributed by atoms with Gasteiger partial charge in [-0.1, -0.05) is 12.2 Å². The van der Waals surface area contributed by atoms with Crippen LogP contribution in [-0.2, 0) is 7.05 Å². The molecule has 3 heteroatoms. The van der Waals surface area contributed by atoms with Gasteiger partial charge in [-0.3, -0.25) is 4.68 Å². The second-order valence-electron chi connectivity index (χ2n) is 3.81. The first-order chi connectivity index (χ1) is 6.16. The van der Waals surface area contributed by atoms with Crippen molar-refractivity contribution in [3.05, 3.63) is 30.1 Å². The van der Waals surface area contributed by atoms with Crippen LogP contribution in [0.25, 0.3) is 0 Å². The highest BCUT2D eigenvalue weighted by Gasteiger charge is 2.29. The van der Waals surface area contributed by atoms with E-state index in [0.29, 0.717) is 5.92 Å². The molecule has 1 atom stereocenters. The molecule has 1 heterocycles. The van der Waals surface area contributed by atoms with Crippen molar-refractivity contribution in [3.8, 4) is 0 Å². The minimum absolute atomic E-state index is 0.358. The Balaban J connectivity index is 2.05. The predicted octanol–water partition coefficient (Wildman–Crippen LogP) is 1.42. The summed E-state index contributed by atoms with van der Waals surface area (Å²) in [5.41, 5.74) is 2.16. The second kappa shape index (κ2) is 3.00. The molecule has 70 valence electrons. The van der Waals surface area contributed by atoms with Crippen LogP contribution in [0, 0.1) is 5.92 Å². The molecular weight excluding hydrogens is 164 g/mol. The Morgan fingerprint density at radius 1 is 1.69 bits per heavy atom. The number of hydrogen-bond donors (Lipinski definition) is 1. The molecule has 0 amide bonds. The van der Waals surface area contributed by atoms with Gasteiger partial charge in [0, 0.05) is 18.8 Å². The van der Waals surface area contributed by atoms with Gasteiger partial charge in [0.25, 0.3) is 0 Å². The van der Waals surface area contributed by atoms with E-state index in [0.717, 1.165) is 18.4 Å². The summed E-state index contributed by atoms with van der Waals surface area (Å²) in [5.74, 6) is 0.358. The van der Waals surface area contributed by atoms with Crippen LogP contribution in [0.4, 0.5) is 0 Å². The van der Waals surface area contributed by atoms with Crippen LogP contribution in [0.5, 0.6) is 0 Å². The minimum Gasteiger partial charge on any atom is -0.388 e. The number of aryl methyl sites for hydroxylation is 1. The predicted molar refractivity (Wildman–Crippen MR) is 50.0 cm³/mol. The van der Waals surface area contributed by atoms with E-state index in [9.17, 15) is 5.11 Å². The number of allylic oxidation sites excluding steroid dienone is 1. The molecule has 0 radical (unpaired) electrons. The first-order valence-electron chi connectivity index (χ1n) is 4.50. The highest BCUT2D eigenvalue weighted by atomic mass is 16.3. The molecule has 0 aromatic carbocycles. The normalized spacial score (nSPS) is 20.0. The van der Waals surface area contributed by atoms with E-state index < -0.39 is 0 Å². The molecule has 0 aliphatic heterocycles. The number of hydrogen-bond acceptors (Lipinski definition) is 2. The molecule has 13 heavy (non-hydrogen) atoms. The number of aromatic nitrogens is 2. The summed E-state index contributed by atoms with van der Waals surface area (Å²) in [4.78, 5) is 0. The summed E-state index contributed by atoms with van der Waals surface area (Å²) in [6.45, 7) is 3.86. The molecule has 3 nitrogen and oxygen atoms in total. The van der Waals surface area contributed by atoms with Crippen LogP contribution in [0.1, 0.15) is 24.5 Å². The lowest BCUT2D eigenvalue weighted by molar-refractivity contribution is 0.0866. The van der Waals surface area contributed by atoms with Gasteiger partial charge in [0.05, 0.1) is 12.3 Å². The van der Waals surface area contributed by atoms with Crippen LogP contribution in [0.2, 0.25) is 0 Å². The van der Waals surface area contributed by atoms with Gasteiger partial charge in [0.1, 0.15) is 0 Å². The van der Waals surface area contributed by atoms with Crippen molar-refractivity contribution in [2.45, 2.75) is 18.9 Å². The summed E-state index contributed by atoms with van der Waals surface area (Å²) in [5, 5.41) is 13.9. The lowest BCUT2D eigenvalue weighted by Gasteiger charge is -2.32. The Kier molecular flexibility index (Phi) is 1.96. The lowest BCUT2D eigenvalue weighted by atomic mass is 9.76. The highest BCUT2D eigenvalue weighted by Crippen LogP contribution is 2.40. The highest BCUT2D eigenvalue weighted by molar-refractivity contribution is 5.17. The lowest BCUT2D eigenvalue weighted by Crippen LogP contribution is -2.21. The van der Waals surface area contributed by atoms with E-state index in [1.807, 2.05) is 13.2 Å². The van der Waals surface area contributed by atoms with E-state index >= 15 is 0 Å². The van der Waals surface area contributed by atoms with Gasteiger partial charge >= 0.3 is 0 Å². The first kappa shape index (κ1) is 8.51. The van der Waals surface area contributed by atoms with E-state index in [4.69, 9.17) is 0 Å². The Hall–Kier alpha value is -1.09. The SMILES string of the molecule is C=C1CC(C(O)c2cnn(C)c2)C1. The van der Waals surface area contributed by atoms with Crippen molar-refractivity contribution in [2.24, 2.45) is 13.0 Å². The van der Waals surface area contributed by atoms with Crippen molar-refractivity contribution in [1.29, 1.82) is 0 Å². The summed E-state index contributed by atoms with van der Waals surface area (Å²) in [6, 6.07) is 0. The van der Waals surface area contributed by atoms with Gasteiger partial charge in [-0.05, 0) is 18.8 Å². The third-order valence-electron chi connectivity index (χ3n) is 2.61. The average Bonchev–Trinajstić information content (AvgIpc) is 2.45. The van der Waals surface area contributed by atoms with Crippen molar-refractivity contribution < 1.29 is 5.11 Å². The quantitative estimate of drug-likeness (QED) is 0.695. The molecule has 1 aliphatic carbocycles. The topological polar surface area (TPSA) is 38.1 Å². The van der Waals surface area contributed by atoms with Crippen LogP contribution < -0.4 is 0 Å². The average molecular weight is 178 g/mol. The standard InChI is InChI=1S/C10H14N2O/c1-7-3-8(4-7)10(13)9-5-11-12(2)6-9/h5-6,8,10,13H,1,3-4H2,2H3. The number of nitrogens with zero attached hydrogens (tertiary/aromatic N) is 2. The molecule has 0 bridgehead atoms. The van der Waals surface area contributed by atoms with Crippen molar-refractivity contribution in [1.82, 2.24) is 9.78 Å². The Labute approximate surface area is 77.7 Å². The van der Waals surface area contributed by atoms with Crippen molar-refractivity contribution in [3.63, 3.8) is 0 Å². The van der Waals surface area contributed by atoms with Crippen LogP contribution >= 0.6 is 0 Å². The van der Waals surface area contributed by atoms with Gasteiger partial charge < -0.3 is 5.11 Å². The zero-order valence-corrected chi connectivity index (χ0v) is 7.77. The fraction of sp³-hybridized carbons (Fsp3) is 0.500. The fourth-order valence-corrected chi connectivity index (χ4v) is 1.77. The molecule has 1 aromatic heterocycles. The van der Waals surface area contributed by atoms with Crippen LogP contribution in [-0.4, -0.2) is 14.9 Å². The molecule has 1 unspecified atom stereocenters. The van der Waals surface area contributed by atoms with Crippen molar-refractivity contribution in [2.75, 3.05) is 0 Å². The largest absolute Gasteiger partial charge is 0.388 e. The van der Waals surface area contributed by atoms with E-state index in [-0.39, 0.29) is 6.10 Å². The second-order valence-corrected chi connectivity index (χ2v) is 3.81. The number of aliphatic hydroxyl groups is 1. The number of aliphatic hydroxyl groups excluding tert-OH is 1. The molecule has 2 rings (SSSR count). The smallest absolute Gasteiger partial charge is 0.0854 e. The molecule has 1 aliphatic rings. The van der Waals surface area contributed by atoms with Gasteiger partial charge in [0.15, 0.2) is 0 Å². The molecule has 0 saturated heterocycles. The summed E-state index contributed by atoms with van der Waals surface area (Å²) >= 11 is 0. The van der Waals surface area contributed by atoms with Crippen molar-refractivity contribution >= 4 is 0 Å². The monoisotopic (exact) mass is 178 g/mol. The molecule has 0 spiro atoms. The van der Waals surface area contributed by atoms with E-state index in [2.05, 4.69) is 11.7 Å². The summed E-state index contributed by atoms with van der Waals surface area (Å²) < 4.78 is 1.71. The fourth-order valence-electron chi connectivity index (χ4n) is 1.77. The molecule has 1 saturated carbocycles. The minimum atomic E-state index is -0.362. The molecule has 1 aromatic rings. The first-order valence-corrected chi connectivity index (χ1v) is 4.50. The van der Waals surface area contributed by atoms with Crippen LogP contribution in [0.15, 0.2) is 24.5 Å². The maximum Gasteiger partial charge on any atom is 0.0854 e. The van der Waals surface area contributed by atoms with Gasteiger partial charge in [-0.25, -0.2) is 0 Å². The number of rotatable bonds is 2. The van der Waals surface area contributed by atoms with E-state index in [1.165, 1.54) is 5.57 Å². The van der Waals surface area contributed by atoms with Gasteiger partial charge in [0.2, 0.25) is 0 Å². The Morgan fingerprint density at radius 2 is 2.38 bits per heavy atom. The maximum absolute atomic E-state index is 9.88. The zero-order valence-electron chi connectivity index (χ0n) is 7.77. The van der Waals surface area contributed by atoms with Gasteiger partial charge in [-0.15, -0.1) is 0 Å². The Bertz CT molecular complexity index is 321. The van der Waals surface area contributed by atoms with Gasteiger partial charge in [-0.2, -0.15) is 5.10 Å². The van der Waals surface area contributed by atoms with Crippen LogP contribution in [0.3, 0.4) is 0 Å². The third-order valence-corrected chi connectivity index (χ3v) is 2.61.